The molecule has 3 heterocycles. The van der Waals surface area contributed by atoms with Gasteiger partial charge in [0.15, 0.2) is 17.0 Å². The molecule has 2 aromatic carbocycles. The zero-order valence-electron chi connectivity index (χ0n) is 18.1. The number of carbonyl (C=O) groups excluding carboxylic acids is 1. The molecule has 0 aliphatic carbocycles. The van der Waals surface area contributed by atoms with Gasteiger partial charge < -0.3 is 9.80 Å². The van der Waals surface area contributed by atoms with Crippen molar-refractivity contribution < 1.29 is 18.0 Å². The van der Waals surface area contributed by atoms with Crippen molar-refractivity contribution in [3.63, 3.8) is 0 Å². The maximum absolute atomic E-state index is 13.9. The first kappa shape index (κ1) is 23.4. The maximum atomic E-state index is 13.9. The molecule has 0 unspecified atom stereocenters. The summed E-state index contributed by atoms with van der Waals surface area (Å²) in [6.07, 6.45) is -4.70. The molecule has 6 nitrogen and oxygen atoms in total. The zero-order valence-corrected chi connectivity index (χ0v) is 19.6. The third-order valence-corrected chi connectivity index (χ3v) is 6.41. The summed E-state index contributed by atoms with van der Waals surface area (Å²) < 4.78 is 42.2. The molecule has 11 heteroatoms. The fourth-order valence-electron chi connectivity index (χ4n) is 4.07. The molecule has 1 aliphatic heterocycles. The van der Waals surface area contributed by atoms with Crippen molar-refractivity contribution in [2.75, 3.05) is 31.1 Å². The Morgan fingerprint density at radius 2 is 1.60 bits per heavy atom. The van der Waals surface area contributed by atoms with Crippen LogP contribution in [0.5, 0.6) is 0 Å². The predicted octanol–water partition coefficient (Wildman–Crippen LogP) is 5.68. The van der Waals surface area contributed by atoms with Crippen LogP contribution >= 0.6 is 23.2 Å². The normalized spacial score (nSPS) is 14.5. The topological polar surface area (TPSA) is 53.7 Å². The molecular formula is C24H18Cl2F3N5O. The summed E-state index contributed by atoms with van der Waals surface area (Å²) in [6.45, 7) is 1.84. The molecule has 1 aliphatic rings. The minimum absolute atomic E-state index is 0.0668. The first-order valence-corrected chi connectivity index (χ1v) is 11.5. The van der Waals surface area contributed by atoms with E-state index in [9.17, 15) is 18.0 Å². The standard InChI is InChI=1S/C24H18Cl2F3N5O/c25-16-7-5-15(6-8-16)18-13-21(24(27,28)29)34-22(30-18)14-19(31-34)23(35)33-11-9-32(10-12-33)20-4-2-1-3-17(20)26/h1-8,13-14H,9-12H2. The Balaban J connectivity index is 1.43. The van der Waals surface area contributed by atoms with Gasteiger partial charge in [-0.25, -0.2) is 9.50 Å². The number of alkyl halides is 3. The highest BCUT2D eigenvalue weighted by Crippen LogP contribution is 2.33. The average molecular weight is 520 g/mol. The summed E-state index contributed by atoms with van der Waals surface area (Å²) in [5, 5.41) is 5.06. The van der Waals surface area contributed by atoms with E-state index in [1.807, 2.05) is 18.2 Å². The van der Waals surface area contributed by atoms with E-state index in [1.165, 1.54) is 6.07 Å². The Morgan fingerprint density at radius 3 is 2.26 bits per heavy atom. The van der Waals surface area contributed by atoms with E-state index in [0.29, 0.717) is 46.3 Å². The number of halogens is 5. The minimum Gasteiger partial charge on any atom is -0.367 e. The van der Waals surface area contributed by atoms with Gasteiger partial charge in [-0.15, -0.1) is 0 Å². The van der Waals surface area contributed by atoms with E-state index in [-0.39, 0.29) is 17.0 Å². The van der Waals surface area contributed by atoms with Crippen LogP contribution in [-0.4, -0.2) is 51.6 Å². The lowest BCUT2D eigenvalue weighted by molar-refractivity contribution is -0.142. The summed E-state index contributed by atoms with van der Waals surface area (Å²) in [5.41, 5.74) is 0.268. The number of aromatic nitrogens is 3. The fraction of sp³-hybridized carbons (Fsp3) is 0.208. The molecule has 1 fully saturated rings. The van der Waals surface area contributed by atoms with Crippen LogP contribution in [0, 0.1) is 0 Å². The largest absolute Gasteiger partial charge is 0.433 e. The lowest BCUT2D eigenvalue weighted by atomic mass is 10.1. The number of hydrogen-bond acceptors (Lipinski definition) is 4. The molecule has 35 heavy (non-hydrogen) atoms. The number of benzene rings is 2. The molecule has 0 N–H and O–H groups in total. The van der Waals surface area contributed by atoms with E-state index in [0.717, 1.165) is 11.8 Å². The number of para-hydroxylation sites is 1. The second kappa shape index (κ2) is 9.05. The van der Waals surface area contributed by atoms with Gasteiger partial charge in [-0.05, 0) is 30.3 Å². The highest BCUT2D eigenvalue weighted by molar-refractivity contribution is 6.33. The highest BCUT2D eigenvalue weighted by atomic mass is 35.5. The Kier molecular flexibility index (Phi) is 6.06. The third-order valence-electron chi connectivity index (χ3n) is 5.84. The Labute approximate surface area is 208 Å². The van der Waals surface area contributed by atoms with Crippen LogP contribution in [-0.2, 0) is 6.18 Å². The van der Waals surface area contributed by atoms with Gasteiger partial charge in [0, 0.05) is 42.8 Å². The molecule has 1 amide bonds. The molecule has 0 spiro atoms. The quantitative estimate of drug-likeness (QED) is 0.349. The molecule has 0 bridgehead atoms. The predicted molar refractivity (Wildman–Crippen MR) is 128 cm³/mol. The van der Waals surface area contributed by atoms with Crippen molar-refractivity contribution in [3.8, 4) is 11.3 Å². The van der Waals surface area contributed by atoms with E-state index in [4.69, 9.17) is 23.2 Å². The van der Waals surface area contributed by atoms with Crippen molar-refractivity contribution in [2.24, 2.45) is 0 Å². The first-order valence-electron chi connectivity index (χ1n) is 10.7. The summed E-state index contributed by atoms with van der Waals surface area (Å²) >= 11 is 12.2. The van der Waals surface area contributed by atoms with Crippen LogP contribution < -0.4 is 4.90 Å². The van der Waals surface area contributed by atoms with Gasteiger partial charge in [-0.1, -0.05) is 47.5 Å². The monoisotopic (exact) mass is 519 g/mol. The molecule has 0 radical (unpaired) electrons. The number of carbonyl (C=O) groups is 1. The molecule has 2 aromatic heterocycles. The van der Waals surface area contributed by atoms with E-state index < -0.39 is 17.8 Å². The molecule has 4 aromatic rings. The van der Waals surface area contributed by atoms with Gasteiger partial charge in [0.2, 0.25) is 0 Å². The molecule has 0 atom stereocenters. The lowest BCUT2D eigenvalue weighted by Crippen LogP contribution is -2.49. The Hall–Kier alpha value is -3.30. The van der Waals surface area contributed by atoms with E-state index in [2.05, 4.69) is 15.0 Å². The number of rotatable bonds is 3. The molecule has 5 rings (SSSR count). The van der Waals surface area contributed by atoms with Crippen molar-refractivity contribution in [1.29, 1.82) is 0 Å². The van der Waals surface area contributed by atoms with Gasteiger partial charge in [0.05, 0.1) is 16.4 Å². The van der Waals surface area contributed by atoms with E-state index >= 15 is 0 Å². The van der Waals surface area contributed by atoms with Gasteiger partial charge in [-0.3, -0.25) is 4.79 Å². The fourth-order valence-corrected chi connectivity index (χ4v) is 4.45. The minimum atomic E-state index is -4.70. The van der Waals surface area contributed by atoms with Gasteiger partial charge in [0.25, 0.3) is 5.91 Å². The Morgan fingerprint density at radius 1 is 0.914 bits per heavy atom. The number of nitrogens with zero attached hydrogens (tertiary/aromatic N) is 5. The SMILES string of the molecule is O=C(c1cc2nc(-c3ccc(Cl)cc3)cc(C(F)(F)F)n2n1)N1CCN(c2ccccc2Cl)CC1. The van der Waals surface area contributed by atoms with Gasteiger partial charge in [-0.2, -0.15) is 18.3 Å². The summed E-state index contributed by atoms with van der Waals surface area (Å²) in [7, 11) is 0. The molecule has 180 valence electrons. The van der Waals surface area contributed by atoms with Crippen molar-refractivity contribution in [2.45, 2.75) is 6.18 Å². The molecular weight excluding hydrogens is 502 g/mol. The number of piperazine rings is 1. The smallest absolute Gasteiger partial charge is 0.367 e. The van der Waals surface area contributed by atoms with Crippen LogP contribution in [0.15, 0.2) is 60.7 Å². The lowest BCUT2D eigenvalue weighted by Gasteiger charge is -2.36. The van der Waals surface area contributed by atoms with E-state index in [1.54, 1.807) is 35.2 Å². The zero-order chi connectivity index (χ0) is 24.7. The highest BCUT2D eigenvalue weighted by Gasteiger charge is 2.36. The van der Waals surface area contributed by atoms with Crippen LogP contribution in [0.25, 0.3) is 16.9 Å². The van der Waals surface area contributed by atoms with Crippen molar-refractivity contribution in [1.82, 2.24) is 19.5 Å². The maximum Gasteiger partial charge on any atom is 0.433 e. The van der Waals surface area contributed by atoms with Crippen LogP contribution in [0.3, 0.4) is 0 Å². The number of anilines is 1. The van der Waals surface area contributed by atoms with Gasteiger partial charge in [0.1, 0.15) is 0 Å². The summed E-state index contributed by atoms with van der Waals surface area (Å²) in [4.78, 5) is 21.1. The third kappa shape index (κ3) is 4.66. The van der Waals surface area contributed by atoms with Crippen LogP contribution in [0.1, 0.15) is 16.2 Å². The second-order valence-electron chi connectivity index (χ2n) is 8.06. The summed E-state index contributed by atoms with van der Waals surface area (Å²) in [6, 6.07) is 16.0. The van der Waals surface area contributed by atoms with Crippen molar-refractivity contribution >= 4 is 40.4 Å². The number of fused-ring (bicyclic) bond motifs is 1. The van der Waals surface area contributed by atoms with Crippen LogP contribution in [0.2, 0.25) is 10.0 Å². The molecule has 1 saturated heterocycles. The van der Waals surface area contributed by atoms with Crippen LogP contribution in [0.4, 0.5) is 18.9 Å². The Bertz CT molecular complexity index is 1400. The molecule has 0 saturated carbocycles. The number of amides is 1. The average Bonchev–Trinajstić information content (AvgIpc) is 3.27. The summed E-state index contributed by atoms with van der Waals surface area (Å²) in [5.74, 6) is -0.449. The first-order chi connectivity index (χ1) is 16.7. The van der Waals surface area contributed by atoms with Crippen molar-refractivity contribution in [3.05, 3.63) is 82.1 Å². The second-order valence-corrected chi connectivity index (χ2v) is 8.91. The van der Waals surface area contributed by atoms with Gasteiger partial charge >= 0.3 is 6.18 Å². The number of hydrogen-bond donors (Lipinski definition) is 0.